The van der Waals surface area contributed by atoms with Gasteiger partial charge in [-0.05, 0) is 62.6 Å². The van der Waals surface area contributed by atoms with Crippen LogP contribution in [0, 0.1) is 0 Å². The number of aromatic nitrogens is 2. The molecule has 1 N–H and O–H groups in total. The van der Waals surface area contributed by atoms with Crippen LogP contribution in [0.1, 0.15) is 42.5 Å². The second kappa shape index (κ2) is 8.96. The van der Waals surface area contributed by atoms with Crippen LogP contribution in [-0.4, -0.2) is 53.3 Å². The average Bonchev–Trinajstić information content (AvgIpc) is 3.42. The number of hydrogen-bond acceptors (Lipinski definition) is 7. The van der Waals surface area contributed by atoms with Gasteiger partial charge in [-0.15, -0.1) is 11.3 Å². The number of nitrogens with zero attached hydrogens (tertiary/aromatic N) is 3. The molecule has 2 aromatic heterocycles. The molecule has 1 aliphatic heterocycles. The smallest absolute Gasteiger partial charge is 0.231 e. The molecule has 3 aromatic rings. The van der Waals surface area contributed by atoms with E-state index in [9.17, 15) is 0 Å². The minimum absolute atomic E-state index is 0.229. The van der Waals surface area contributed by atoms with Gasteiger partial charge in [0, 0.05) is 29.7 Å². The average molecular weight is 451 g/mol. The number of ether oxygens (including phenoxy) is 2. The monoisotopic (exact) mass is 450 g/mol. The maximum absolute atomic E-state index is 6.64. The first-order chi connectivity index (χ1) is 15.8. The van der Waals surface area contributed by atoms with Crippen molar-refractivity contribution in [2.24, 2.45) is 0 Å². The first kappa shape index (κ1) is 20.4. The Bertz CT molecular complexity index is 1070. The summed E-state index contributed by atoms with van der Waals surface area (Å²) < 4.78 is 12.2. The van der Waals surface area contributed by atoms with E-state index >= 15 is 0 Å². The highest BCUT2D eigenvalue weighted by Gasteiger charge is 2.30. The highest BCUT2D eigenvalue weighted by atomic mass is 32.1. The largest absolute Gasteiger partial charge is 0.474 e. The molecule has 6 nitrogen and oxygen atoms in total. The van der Waals surface area contributed by atoms with Gasteiger partial charge in [0.15, 0.2) is 0 Å². The zero-order chi connectivity index (χ0) is 21.3. The molecular weight excluding hydrogens is 420 g/mol. The minimum Gasteiger partial charge on any atom is -0.474 e. The molecule has 1 aromatic carbocycles. The van der Waals surface area contributed by atoms with Gasteiger partial charge in [-0.25, -0.2) is 4.98 Å². The Morgan fingerprint density at radius 2 is 1.81 bits per heavy atom. The Balaban J connectivity index is 1.23. The summed E-state index contributed by atoms with van der Waals surface area (Å²) in [6, 6.07) is 10.8. The van der Waals surface area contributed by atoms with Crippen molar-refractivity contribution < 1.29 is 9.47 Å². The van der Waals surface area contributed by atoms with Crippen molar-refractivity contribution in [3.8, 4) is 5.88 Å². The second-order valence-corrected chi connectivity index (χ2v) is 10.2. The third-order valence-corrected chi connectivity index (χ3v) is 8.23. The fraction of sp³-hybridized carbons (Fsp3) is 0.520. The van der Waals surface area contributed by atoms with Gasteiger partial charge in [0.1, 0.15) is 10.9 Å². The van der Waals surface area contributed by atoms with Crippen molar-refractivity contribution >= 4 is 33.2 Å². The number of rotatable bonds is 5. The molecule has 0 bridgehead atoms. The van der Waals surface area contributed by atoms with Crippen LogP contribution in [0.2, 0.25) is 0 Å². The molecule has 3 heterocycles. The molecule has 2 fully saturated rings. The minimum atomic E-state index is 0.229. The van der Waals surface area contributed by atoms with E-state index in [0.717, 1.165) is 73.8 Å². The van der Waals surface area contributed by atoms with Gasteiger partial charge in [-0.2, -0.15) is 4.98 Å². The number of hydrogen-bond donors (Lipinski definition) is 1. The summed E-state index contributed by atoms with van der Waals surface area (Å²) in [5.74, 6) is 1.41. The highest BCUT2D eigenvalue weighted by Crippen LogP contribution is 2.42. The van der Waals surface area contributed by atoms with Gasteiger partial charge in [0.25, 0.3) is 0 Å². The lowest BCUT2D eigenvalue weighted by atomic mass is 9.91. The quantitative estimate of drug-likeness (QED) is 0.594. The summed E-state index contributed by atoms with van der Waals surface area (Å²) in [4.78, 5) is 14.9. The van der Waals surface area contributed by atoms with Gasteiger partial charge < -0.3 is 14.8 Å². The van der Waals surface area contributed by atoms with Crippen LogP contribution in [-0.2, 0) is 17.6 Å². The normalized spacial score (nSPS) is 23.9. The molecule has 0 amide bonds. The van der Waals surface area contributed by atoms with Crippen molar-refractivity contribution in [2.45, 2.75) is 57.1 Å². The van der Waals surface area contributed by atoms with Crippen LogP contribution in [0.4, 0.5) is 11.6 Å². The molecule has 1 saturated carbocycles. The number of anilines is 2. The Hall–Kier alpha value is -2.22. The zero-order valence-electron chi connectivity index (χ0n) is 18.4. The number of nitrogens with one attached hydrogen (secondary N) is 1. The van der Waals surface area contributed by atoms with E-state index in [1.807, 2.05) is 41.7 Å². The topological polar surface area (TPSA) is 59.5 Å². The van der Waals surface area contributed by atoms with Gasteiger partial charge >= 0.3 is 0 Å². The summed E-state index contributed by atoms with van der Waals surface area (Å²) in [5, 5.41) is 4.54. The number of fused-ring (bicyclic) bond motifs is 3. The van der Waals surface area contributed by atoms with Crippen LogP contribution in [0.25, 0.3) is 10.2 Å². The maximum Gasteiger partial charge on any atom is 0.231 e. The Labute approximate surface area is 193 Å². The third-order valence-electron chi connectivity index (χ3n) is 7.05. The number of para-hydroxylation sites is 1. The SMILES string of the molecule is c1ccc(Nc2nc(OC3CCC(N4CCOCC4)CC3)c3c4c(sc3n2)CCC4)cc1. The van der Waals surface area contributed by atoms with Crippen LogP contribution < -0.4 is 10.1 Å². The van der Waals surface area contributed by atoms with Crippen molar-refractivity contribution in [3.05, 3.63) is 40.8 Å². The molecule has 0 atom stereocenters. The van der Waals surface area contributed by atoms with E-state index in [1.54, 1.807) is 0 Å². The molecule has 32 heavy (non-hydrogen) atoms. The third kappa shape index (κ3) is 4.09. The molecule has 7 heteroatoms. The molecular formula is C25H30N4O2S. The number of thiophene rings is 1. The van der Waals surface area contributed by atoms with Gasteiger partial charge in [0.05, 0.1) is 18.6 Å². The van der Waals surface area contributed by atoms with Crippen LogP contribution >= 0.6 is 11.3 Å². The van der Waals surface area contributed by atoms with E-state index in [2.05, 4.69) is 10.2 Å². The van der Waals surface area contributed by atoms with E-state index < -0.39 is 0 Å². The van der Waals surface area contributed by atoms with E-state index in [-0.39, 0.29) is 6.10 Å². The molecule has 2 aliphatic carbocycles. The zero-order valence-corrected chi connectivity index (χ0v) is 19.2. The molecule has 0 unspecified atom stereocenters. The number of morpholine rings is 1. The van der Waals surface area contributed by atoms with Crippen molar-refractivity contribution in [1.29, 1.82) is 0 Å². The summed E-state index contributed by atoms with van der Waals surface area (Å²) in [6.07, 6.45) is 8.28. The van der Waals surface area contributed by atoms with Crippen LogP contribution in [0.15, 0.2) is 30.3 Å². The second-order valence-electron chi connectivity index (χ2n) is 9.08. The highest BCUT2D eigenvalue weighted by molar-refractivity contribution is 7.19. The number of aryl methyl sites for hydroxylation is 2. The fourth-order valence-electron chi connectivity index (χ4n) is 5.38. The van der Waals surface area contributed by atoms with Crippen LogP contribution in [0.5, 0.6) is 5.88 Å². The predicted octanol–water partition coefficient (Wildman–Crippen LogP) is 4.95. The van der Waals surface area contributed by atoms with Crippen molar-refractivity contribution in [1.82, 2.24) is 14.9 Å². The lowest BCUT2D eigenvalue weighted by molar-refractivity contribution is -0.00124. The molecule has 1 saturated heterocycles. The van der Waals surface area contributed by atoms with Gasteiger partial charge in [-0.1, -0.05) is 18.2 Å². The van der Waals surface area contributed by atoms with E-state index in [4.69, 9.17) is 19.4 Å². The van der Waals surface area contributed by atoms with E-state index in [1.165, 1.54) is 29.7 Å². The van der Waals surface area contributed by atoms with Crippen molar-refractivity contribution in [2.75, 3.05) is 31.6 Å². The standard InChI is InChI=1S/C25H30N4O2S/c1-2-5-17(6-3-1)26-25-27-23(22-20-7-4-8-21(20)32-24(22)28-25)31-19-11-9-18(10-12-19)29-13-15-30-16-14-29/h1-3,5-6,18-19H,4,7-16H2,(H,26,27,28). The summed E-state index contributed by atoms with van der Waals surface area (Å²) in [6.45, 7) is 3.88. The Morgan fingerprint density at radius 1 is 1.00 bits per heavy atom. The first-order valence-corrected chi connectivity index (χ1v) is 12.8. The van der Waals surface area contributed by atoms with Crippen LogP contribution in [0.3, 0.4) is 0 Å². The van der Waals surface area contributed by atoms with Gasteiger partial charge in [-0.3, -0.25) is 4.90 Å². The first-order valence-electron chi connectivity index (χ1n) is 12.0. The summed E-state index contributed by atoms with van der Waals surface area (Å²) >= 11 is 1.82. The van der Waals surface area contributed by atoms with Crippen molar-refractivity contribution in [3.63, 3.8) is 0 Å². The van der Waals surface area contributed by atoms with E-state index in [0.29, 0.717) is 12.0 Å². The Morgan fingerprint density at radius 3 is 2.62 bits per heavy atom. The van der Waals surface area contributed by atoms with Gasteiger partial charge in [0.2, 0.25) is 11.8 Å². The molecule has 6 rings (SSSR count). The number of benzene rings is 1. The molecule has 168 valence electrons. The molecule has 3 aliphatic rings. The predicted molar refractivity (Wildman–Crippen MR) is 128 cm³/mol. The lowest BCUT2D eigenvalue weighted by Gasteiger charge is -2.38. The summed E-state index contributed by atoms with van der Waals surface area (Å²) in [5.41, 5.74) is 2.42. The maximum atomic E-state index is 6.64. The molecule has 0 spiro atoms. The Kier molecular flexibility index (Phi) is 5.71. The molecule has 0 radical (unpaired) electrons. The summed E-state index contributed by atoms with van der Waals surface area (Å²) in [7, 11) is 0. The lowest BCUT2D eigenvalue weighted by Crippen LogP contribution is -2.46. The fourth-order valence-corrected chi connectivity index (χ4v) is 6.63.